The molecule has 2 aromatic rings. The highest BCUT2D eigenvalue weighted by Gasteiger charge is 2.32. The van der Waals surface area contributed by atoms with E-state index < -0.39 is 27.8 Å². The van der Waals surface area contributed by atoms with E-state index in [1.54, 1.807) is 36.4 Å². The van der Waals surface area contributed by atoms with E-state index in [1.165, 1.54) is 23.5 Å². The van der Waals surface area contributed by atoms with Gasteiger partial charge in [-0.3, -0.25) is 14.4 Å². The molecular formula is C23H28N4O6S. The van der Waals surface area contributed by atoms with Crippen LogP contribution in [0.1, 0.15) is 29.6 Å². The molecule has 10 nitrogen and oxygen atoms in total. The number of para-hydroxylation sites is 1. The highest BCUT2D eigenvalue weighted by Crippen LogP contribution is 2.26. The summed E-state index contributed by atoms with van der Waals surface area (Å²) in [5.74, 6) is -1.07. The predicted octanol–water partition coefficient (Wildman–Crippen LogP) is 1.34. The van der Waals surface area contributed by atoms with Crippen molar-refractivity contribution in [2.75, 3.05) is 32.1 Å². The van der Waals surface area contributed by atoms with Crippen molar-refractivity contribution in [2.45, 2.75) is 24.2 Å². The van der Waals surface area contributed by atoms with E-state index in [0.717, 1.165) is 0 Å². The smallest absolute Gasteiger partial charge is 0.253 e. The summed E-state index contributed by atoms with van der Waals surface area (Å²) in [7, 11) is -2.16. The van der Waals surface area contributed by atoms with Crippen molar-refractivity contribution < 1.29 is 27.5 Å². The fraction of sp³-hybridized carbons (Fsp3) is 0.348. The summed E-state index contributed by atoms with van der Waals surface area (Å²) in [4.78, 5) is 36.3. The Morgan fingerprint density at radius 2 is 1.71 bits per heavy atom. The van der Waals surface area contributed by atoms with Gasteiger partial charge in [-0.1, -0.05) is 12.1 Å². The molecule has 4 N–H and O–H groups in total. The molecule has 1 aliphatic heterocycles. The molecule has 1 saturated heterocycles. The van der Waals surface area contributed by atoms with Crippen LogP contribution in [0.5, 0.6) is 5.75 Å². The van der Waals surface area contributed by atoms with Gasteiger partial charge in [0.15, 0.2) is 0 Å². The molecule has 0 atom stereocenters. The van der Waals surface area contributed by atoms with Gasteiger partial charge in [0.25, 0.3) is 5.91 Å². The first kappa shape index (κ1) is 25.2. The molecule has 0 spiro atoms. The van der Waals surface area contributed by atoms with Crippen LogP contribution in [0.3, 0.4) is 0 Å². The third-order valence-corrected chi connectivity index (χ3v) is 7.52. The Morgan fingerprint density at radius 1 is 1.06 bits per heavy atom. The number of nitrogens with one attached hydrogen (secondary N) is 2. The van der Waals surface area contributed by atoms with Gasteiger partial charge in [0.05, 0.1) is 23.3 Å². The zero-order valence-corrected chi connectivity index (χ0v) is 19.6. The molecule has 0 aliphatic carbocycles. The van der Waals surface area contributed by atoms with Crippen LogP contribution >= 0.6 is 0 Å². The number of ether oxygens (including phenoxy) is 1. The Balaban J connectivity index is 1.60. The zero-order valence-electron chi connectivity index (χ0n) is 18.8. The Labute approximate surface area is 198 Å². The van der Waals surface area contributed by atoms with Gasteiger partial charge in [-0.2, -0.15) is 4.31 Å². The van der Waals surface area contributed by atoms with Gasteiger partial charge < -0.3 is 21.1 Å². The maximum Gasteiger partial charge on any atom is 0.253 e. The summed E-state index contributed by atoms with van der Waals surface area (Å²) >= 11 is 0. The van der Waals surface area contributed by atoms with Crippen LogP contribution in [0.2, 0.25) is 0 Å². The number of amides is 3. The van der Waals surface area contributed by atoms with Gasteiger partial charge in [-0.15, -0.1) is 0 Å². The second kappa shape index (κ2) is 11.1. The summed E-state index contributed by atoms with van der Waals surface area (Å²) in [6.45, 7) is 0.515. The van der Waals surface area contributed by atoms with Crippen LogP contribution in [0.4, 0.5) is 5.69 Å². The van der Waals surface area contributed by atoms with Crippen molar-refractivity contribution in [3.8, 4) is 5.75 Å². The van der Waals surface area contributed by atoms with E-state index in [2.05, 4.69) is 10.6 Å². The van der Waals surface area contributed by atoms with Crippen molar-refractivity contribution in [1.29, 1.82) is 0 Å². The maximum absolute atomic E-state index is 12.9. The maximum atomic E-state index is 12.9. The topological polar surface area (TPSA) is 148 Å². The summed E-state index contributed by atoms with van der Waals surface area (Å²) in [5.41, 5.74) is 5.69. The number of hydrogen-bond donors (Lipinski definition) is 3. The molecule has 0 bridgehead atoms. The quantitative estimate of drug-likeness (QED) is 0.485. The van der Waals surface area contributed by atoms with E-state index in [9.17, 15) is 22.8 Å². The molecule has 182 valence electrons. The molecule has 0 saturated carbocycles. The lowest BCUT2D eigenvalue weighted by Crippen LogP contribution is -2.41. The number of nitrogens with zero attached hydrogens (tertiary/aromatic N) is 1. The average molecular weight is 489 g/mol. The van der Waals surface area contributed by atoms with Crippen LogP contribution in [-0.4, -0.2) is 57.2 Å². The summed E-state index contributed by atoms with van der Waals surface area (Å²) in [6, 6.07) is 12.7. The van der Waals surface area contributed by atoms with Gasteiger partial charge >= 0.3 is 0 Å². The molecule has 11 heteroatoms. The first-order chi connectivity index (χ1) is 16.2. The predicted molar refractivity (Wildman–Crippen MR) is 126 cm³/mol. The lowest BCUT2D eigenvalue weighted by molar-refractivity contribution is -0.121. The van der Waals surface area contributed by atoms with Gasteiger partial charge in [0.1, 0.15) is 5.75 Å². The first-order valence-electron chi connectivity index (χ1n) is 10.8. The number of hydrogen-bond acceptors (Lipinski definition) is 6. The normalized spacial score (nSPS) is 14.9. The van der Waals surface area contributed by atoms with E-state index >= 15 is 0 Å². The minimum absolute atomic E-state index is 0.0122. The lowest BCUT2D eigenvalue weighted by atomic mass is 9.97. The van der Waals surface area contributed by atoms with Crippen molar-refractivity contribution in [1.82, 2.24) is 9.62 Å². The van der Waals surface area contributed by atoms with Crippen LogP contribution in [0, 0.1) is 5.92 Å². The largest absolute Gasteiger partial charge is 0.497 e. The van der Waals surface area contributed by atoms with Crippen LogP contribution in [-0.2, 0) is 19.6 Å². The van der Waals surface area contributed by atoms with Crippen molar-refractivity contribution >= 4 is 33.4 Å². The van der Waals surface area contributed by atoms with Gasteiger partial charge in [0.2, 0.25) is 21.8 Å². The van der Waals surface area contributed by atoms with Crippen molar-refractivity contribution in [2.24, 2.45) is 11.7 Å². The minimum Gasteiger partial charge on any atom is -0.497 e. The molecule has 34 heavy (non-hydrogen) atoms. The molecule has 3 amide bonds. The number of carbonyl (C=O) groups is 3. The summed E-state index contributed by atoms with van der Waals surface area (Å²) < 4.78 is 32.3. The Morgan fingerprint density at radius 3 is 2.32 bits per heavy atom. The summed E-state index contributed by atoms with van der Waals surface area (Å²) in [6.07, 6.45) is 0.723. The van der Waals surface area contributed by atoms with E-state index in [1.807, 2.05) is 0 Å². The van der Waals surface area contributed by atoms with Crippen LogP contribution in [0.15, 0.2) is 53.4 Å². The monoisotopic (exact) mass is 488 g/mol. The molecule has 1 aliphatic rings. The zero-order chi connectivity index (χ0) is 24.7. The Kier molecular flexibility index (Phi) is 8.24. The van der Waals surface area contributed by atoms with E-state index in [4.69, 9.17) is 10.5 Å². The summed E-state index contributed by atoms with van der Waals surface area (Å²) in [5, 5.41) is 5.38. The third-order valence-electron chi connectivity index (χ3n) is 5.61. The number of rotatable bonds is 9. The fourth-order valence-electron chi connectivity index (χ4n) is 3.67. The number of piperidine rings is 1. The van der Waals surface area contributed by atoms with Gasteiger partial charge in [0, 0.05) is 32.0 Å². The average Bonchev–Trinajstić information content (AvgIpc) is 2.84. The van der Waals surface area contributed by atoms with Crippen LogP contribution in [0.25, 0.3) is 0 Å². The SMILES string of the molecule is COc1ccc(S(=O)(=O)N2CCC(C(=O)Nc3ccccc3C(=O)NCCC(N)=O)CC2)cc1. The number of benzene rings is 2. The fourth-order valence-corrected chi connectivity index (χ4v) is 5.14. The molecular weight excluding hydrogens is 460 g/mol. The second-order valence-corrected chi connectivity index (χ2v) is 9.80. The molecule has 3 rings (SSSR count). The standard InChI is InChI=1S/C23H28N4O6S/c1-33-17-6-8-18(9-7-17)34(31,32)27-14-11-16(12-15-27)22(29)26-20-5-3-2-4-19(20)23(30)25-13-10-21(24)28/h2-9,16H,10-15H2,1H3,(H2,24,28)(H,25,30)(H,26,29). The highest BCUT2D eigenvalue weighted by atomic mass is 32.2. The number of nitrogens with two attached hydrogens (primary N) is 1. The molecule has 0 unspecified atom stereocenters. The van der Waals surface area contributed by atoms with E-state index in [-0.39, 0.29) is 42.4 Å². The molecule has 1 heterocycles. The molecule has 0 radical (unpaired) electrons. The Bertz CT molecular complexity index is 1140. The lowest BCUT2D eigenvalue weighted by Gasteiger charge is -2.30. The molecule has 0 aromatic heterocycles. The third kappa shape index (κ3) is 6.12. The van der Waals surface area contributed by atoms with E-state index in [0.29, 0.717) is 24.3 Å². The Hall–Kier alpha value is -3.44. The van der Waals surface area contributed by atoms with Crippen molar-refractivity contribution in [3.05, 3.63) is 54.1 Å². The number of anilines is 1. The number of sulfonamides is 1. The second-order valence-electron chi connectivity index (χ2n) is 7.86. The number of methoxy groups -OCH3 is 1. The molecule has 2 aromatic carbocycles. The van der Waals surface area contributed by atoms with Crippen LogP contribution < -0.4 is 21.1 Å². The minimum atomic E-state index is -3.67. The molecule has 1 fully saturated rings. The number of primary amides is 1. The first-order valence-corrected chi connectivity index (χ1v) is 12.3. The number of carbonyl (C=O) groups excluding carboxylic acids is 3. The van der Waals surface area contributed by atoms with Crippen molar-refractivity contribution in [3.63, 3.8) is 0 Å². The van der Waals surface area contributed by atoms with Gasteiger partial charge in [-0.25, -0.2) is 8.42 Å². The van der Waals surface area contributed by atoms with Gasteiger partial charge in [-0.05, 0) is 49.2 Å². The highest BCUT2D eigenvalue weighted by molar-refractivity contribution is 7.89.